The van der Waals surface area contributed by atoms with Gasteiger partial charge in [-0.1, -0.05) is 31.2 Å². The van der Waals surface area contributed by atoms with E-state index in [0.29, 0.717) is 37.6 Å². The van der Waals surface area contributed by atoms with Gasteiger partial charge in [-0.3, -0.25) is 4.90 Å². The van der Waals surface area contributed by atoms with E-state index in [1.54, 1.807) is 16.4 Å². The van der Waals surface area contributed by atoms with Gasteiger partial charge in [-0.05, 0) is 36.2 Å². The highest BCUT2D eigenvalue weighted by Gasteiger charge is 2.28. The second-order valence-corrected chi connectivity index (χ2v) is 8.82. The number of fused-ring (bicyclic) bond motifs is 1. The molecule has 1 aromatic heterocycles. The zero-order valence-corrected chi connectivity index (χ0v) is 16.2. The Morgan fingerprint density at radius 3 is 2.37 bits per heavy atom. The van der Waals surface area contributed by atoms with Crippen LogP contribution in [0.25, 0.3) is 11.0 Å². The van der Waals surface area contributed by atoms with Crippen molar-refractivity contribution in [3.05, 3.63) is 59.9 Å². The lowest BCUT2D eigenvalue weighted by molar-refractivity contribution is 0.178. The Kier molecular flexibility index (Phi) is 4.99. The van der Waals surface area contributed by atoms with E-state index < -0.39 is 10.0 Å². The SMILES string of the molecule is CCc1ccc(S(=O)(=O)N2CCN(Cc3nc4ccccc4[nH]3)CC2)cc1. The smallest absolute Gasteiger partial charge is 0.243 e. The lowest BCUT2D eigenvalue weighted by atomic mass is 10.2. The third-order valence-electron chi connectivity index (χ3n) is 5.11. The highest BCUT2D eigenvalue weighted by molar-refractivity contribution is 7.89. The maximum absolute atomic E-state index is 12.9. The fraction of sp³-hybridized carbons (Fsp3) is 0.350. The summed E-state index contributed by atoms with van der Waals surface area (Å²) < 4.78 is 27.3. The summed E-state index contributed by atoms with van der Waals surface area (Å²) in [6.07, 6.45) is 0.904. The first-order chi connectivity index (χ1) is 13.1. The maximum atomic E-state index is 12.9. The molecule has 1 aliphatic heterocycles. The van der Waals surface area contributed by atoms with Gasteiger partial charge in [-0.2, -0.15) is 4.31 Å². The Balaban J connectivity index is 1.40. The van der Waals surface area contributed by atoms with Crippen molar-refractivity contribution in [1.29, 1.82) is 0 Å². The van der Waals surface area contributed by atoms with Crippen molar-refractivity contribution in [1.82, 2.24) is 19.2 Å². The molecule has 1 aliphatic rings. The van der Waals surface area contributed by atoms with Gasteiger partial charge in [0, 0.05) is 26.2 Å². The summed E-state index contributed by atoms with van der Waals surface area (Å²) in [4.78, 5) is 10.6. The number of rotatable bonds is 5. The van der Waals surface area contributed by atoms with Crippen molar-refractivity contribution in [2.45, 2.75) is 24.8 Å². The molecule has 0 unspecified atom stereocenters. The number of aromatic nitrogens is 2. The third-order valence-corrected chi connectivity index (χ3v) is 7.03. The average molecular weight is 385 g/mol. The Labute approximate surface area is 159 Å². The molecule has 2 aromatic carbocycles. The van der Waals surface area contributed by atoms with Crippen LogP contribution in [0.2, 0.25) is 0 Å². The number of imidazole rings is 1. The van der Waals surface area contributed by atoms with Gasteiger partial charge in [0.2, 0.25) is 10.0 Å². The number of benzene rings is 2. The summed E-state index contributed by atoms with van der Waals surface area (Å²) in [6, 6.07) is 15.2. The predicted octanol–water partition coefficient (Wildman–Crippen LogP) is 2.63. The number of H-pyrrole nitrogens is 1. The van der Waals surface area contributed by atoms with Gasteiger partial charge in [-0.25, -0.2) is 13.4 Å². The normalized spacial score (nSPS) is 16.8. The molecule has 0 amide bonds. The molecule has 1 N–H and O–H groups in total. The first-order valence-electron chi connectivity index (χ1n) is 9.31. The van der Waals surface area contributed by atoms with Crippen molar-refractivity contribution in [3.63, 3.8) is 0 Å². The second-order valence-electron chi connectivity index (χ2n) is 6.88. The monoisotopic (exact) mass is 384 g/mol. The number of sulfonamides is 1. The van der Waals surface area contributed by atoms with E-state index in [1.807, 2.05) is 36.4 Å². The average Bonchev–Trinajstić information content (AvgIpc) is 3.10. The number of nitrogens with one attached hydrogen (secondary N) is 1. The molecule has 0 saturated carbocycles. The van der Waals surface area contributed by atoms with E-state index in [2.05, 4.69) is 21.8 Å². The summed E-state index contributed by atoms with van der Waals surface area (Å²) >= 11 is 0. The van der Waals surface area contributed by atoms with Gasteiger partial charge in [0.1, 0.15) is 5.82 Å². The van der Waals surface area contributed by atoms with Crippen LogP contribution >= 0.6 is 0 Å². The first-order valence-corrected chi connectivity index (χ1v) is 10.8. The van der Waals surface area contributed by atoms with Crippen molar-refractivity contribution < 1.29 is 8.42 Å². The Morgan fingerprint density at radius 1 is 1.00 bits per heavy atom. The molecule has 142 valence electrons. The van der Waals surface area contributed by atoms with Crippen LogP contribution in [0.3, 0.4) is 0 Å². The number of para-hydroxylation sites is 2. The minimum Gasteiger partial charge on any atom is -0.341 e. The summed E-state index contributed by atoms with van der Waals surface area (Å²) in [7, 11) is -3.42. The molecular formula is C20H24N4O2S. The van der Waals surface area contributed by atoms with E-state index in [-0.39, 0.29) is 0 Å². The van der Waals surface area contributed by atoms with Crippen LogP contribution in [-0.4, -0.2) is 53.8 Å². The fourth-order valence-electron chi connectivity index (χ4n) is 3.47. The molecule has 1 fully saturated rings. The van der Waals surface area contributed by atoms with Crippen LogP contribution in [0.5, 0.6) is 0 Å². The molecule has 0 atom stereocenters. The Hall–Kier alpha value is -2.22. The highest BCUT2D eigenvalue weighted by Crippen LogP contribution is 2.19. The van der Waals surface area contributed by atoms with E-state index >= 15 is 0 Å². The highest BCUT2D eigenvalue weighted by atomic mass is 32.2. The molecule has 1 saturated heterocycles. The molecule has 0 spiro atoms. The fourth-order valence-corrected chi connectivity index (χ4v) is 4.89. The van der Waals surface area contributed by atoms with Gasteiger partial charge >= 0.3 is 0 Å². The summed E-state index contributed by atoms with van der Waals surface area (Å²) in [5.74, 6) is 0.919. The number of nitrogens with zero attached hydrogens (tertiary/aromatic N) is 3. The second kappa shape index (κ2) is 7.42. The van der Waals surface area contributed by atoms with Crippen LogP contribution in [0, 0.1) is 0 Å². The Bertz CT molecular complexity index is 987. The minimum atomic E-state index is -3.42. The molecule has 7 heteroatoms. The molecular weight excluding hydrogens is 360 g/mol. The van der Waals surface area contributed by atoms with E-state index in [9.17, 15) is 8.42 Å². The Morgan fingerprint density at radius 2 is 1.70 bits per heavy atom. The maximum Gasteiger partial charge on any atom is 0.243 e. The lowest BCUT2D eigenvalue weighted by Gasteiger charge is -2.33. The van der Waals surface area contributed by atoms with Crippen LogP contribution in [0.4, 0.5) is 0 Å². The molecule has 2 heterocycles. The van der Waals surface area contributed by atoms with E-state index in [1.165, 1.54) is 0 Å². The van der Waals surface area contributed by atoms with Crippen molar-refractivity contribution in [3.8, 4) is 0 Å². The van der Waals surface area contributed by atoms with Crippen molar-refractivity contribution in [2.75, 3.05) is 26.2 Å². The van der Waals surface area contributed by atoms with Crippen molar-refractivity contribution in [2.24, 2.45) is 0 Å². The van der Waals surface area contributed by atoms with Crippen LogP contribution < -0.4 is 0 Å². The largest absolute Gasteiger partial charge is 0.341 e. The number of hydrogen-bond acceptors (Lipinski definition) is 4. The zero-order valence-electron chi connectivity index (χ0n) is 15.4. The van der Waals surface area contributed by atoms with Gasteiger partial charge in [0.15, 0.2) is 0 Å². The van der Waals surface area contributed by atoms with Gasteiger partial charge in [0.05, 0.1) is 22.5 Å². The van der Waals surface area contributed by atoms with Crippen LogP contribution in [0.15, 0.2) is 53.4 Å². The van der Waals surface area contributed by atoms with Crippen LogP contribution in [-0.2, 0) is 23.0 Å². The van der Waals surface area contributed by atoms with E-state index in [4.69, 9.17) is 0 Å². The van der Waals surface area contributed by atoms with Gasteiger partial charge in [-0.15, -0.1) is 0 Å². The lowest BCUT2D eigenvalue weighted by Crippen LogP contribution is -2.48. The first kappa shape index (κ1) is 18.2. The molecule has 0 radical (unpaired) electrons. The number of hydrogen-bond donors (Lipinski definition) is 1. The molecule has 4 rings (SSSR count). The predicted molar refractivity (Wildman–Crippen MR) is 106 cm³/mol. The number of piperazine rings is 1. The van der Waals surface area contributed by atoms with Crippen molar-refractivity contribution >= 4 is 21.1 Å². The minimum absolute atomic E-state index is 0.380. The number of aryl methyl sites for hydroxylation is 1. The van der Waals surface area contributed by atoms with E-state index in [0.717, 1.165) is 28.8 Å². The molecule has 6 nitrogen and oxygen atoms in total. The summed E-state index contributed by atoms with van der Waals surface area (Å²) in [5, 5.41) is 0. The summed E-state index contributed by atoms with van der Waals surface area (Å²) in [6.45, 7) is 5.15. The van der Waals surface area contributed by atoms with Gasteiger partial charge in [0.25, 0.3) is 0 Å². The van der Waals surface area contributed by atoms with Gasteiger partial charge < -0.3 is 4.98 Å². The molecule has 0 aliphatic carbocycles. The third kappa shape index (κ3) is 3.76. The number of aromatic amines is 1. The molecule has 0 bridgehead atoms. The quantitative estimate of drug-likeness (QED) is 0.734. The topological polar surface area (TPSA) is 69.3 Å². The van der Waals surface area contributed by atoms with Crippen LogP contribution in [0.1, 0.15) is 18.3 Å². The standard InChI is InChI=1S/C20H24N4O2S/c1-2-16-7-9-17(10-8-16)27(25,26)24-13-11-23(12-14-24)15-20-21-18-5-3-4-6-19(18)22-20/h3-10H,2,11-15H2,1H3,(H,21,22). The molecule has 3 aromatic rings. The molecule has 27 heavy (non-hydrogen) atoms. The summed E-state index contributed by atoms with van der Waals surface area (Å²) in [5.41, 5.74) is 3.14. The zero-order chi connectivity index (χ0) is 18.9.